The lowest BCUT2D eigenvalue weighted by Gasteiger charge is -2.23. The molecule has 3 rings (SSSR count). The third-order valence-electron chi connectivity index (χ3n) is 4.14. The van der Waals surface area contributed by atoms with Crippen LogP contribution in [0, 0.1) is 5.92 Å². The lowest BCUT2D eigenvalue weighted by atomic mass is 9.85. The van der Waals surface area contributed by atoms with Crippen LogP contribution in [0.1, 0.15) is 31.7 Å². The molecule has 0 unspecified atom stereocenters. The van der Waals surface area contributed by atoms with Crippen molar-refractivity contribution >= 4 is 23.1 Å². The van der Waals surface area contributed by atoms with Gasteiger partial charge in [0.05, 0.1) is 11.9 Å². The normalized spacial score (nSPS) is 14.2. The highest BCUT2D eigenvalue weighted by Gasteiger charge is 2.25. The van der Waals surface area contributed by atoms with Crippen molar-refractivity contribution in [2.24, 2.45) is 5.92 Å². The van der Waals surface area contributed by atoms with Gasteiger partial charge in [0.15, 0.2) is 0 Å². The Morgan fingerprint density at radius 1 is 1.14 bits per heavy atom. The molecule has 2 aromatic rings. The van der Waals surface area contributed by atoms with Gasteiger partial charge in [-0.15, -0.1) is 0 Å². The van der Waals surface area contributed by atoms with Gasteiger partial charge in [-0.1, -0.05) is 25.5 Å². The molecule has 0 aliphatic heterocycles. The van der Waals surface area contributed by atoms with Gasteiger partial charge in [-0.2, -0.15) is 0 Å². The van der Waals surface area contributed by atoms with E-state index in [1.165, 1.54) is 5.56 Å². The molecular formula is C18H21N3O. The van der Waals surface area contributed by atoms with Crippen molar-refractivity contribution in [2.45, 2.75) is 32.6 Å². The van der Waals surface area contributed by atoms with Crippen LogP contribution in [-0.2, 0) is 11.2 Å². The predicted octanol–water partition coefficient (Wildman–Crippen LogP) is 4.13. The van der Waals surface area contributed by atoms with Gasteiger partial charge in [0, 0.05) is 11.6 Å². The summed E-state index contributed by atoms with van der Waals surface area (Å²) in [6.07, 6.45) is 5.91. The molecule has 0 spiro atoms. The Kier molecular flexibility index (Phi) is 4.37. The minimum atomic E-state index is 0.115. The predicted molar refractivity (Wildman–Crippen MR) is 89.3 cm³/mol. The summed E-state index contributed by atoms with van der Waals surface area (Å²) in [6.45, 7) is 2.14. The summed E-state index contributed by atoms with van der Waals surface area (Å²) in [6, 6.07) is 12.1. The van der Waals surface area contributed by atoms with Gasteiger partial charge in [0.1, 0.15) is 5.82 Å². The number of aryl methyl sites for hydroxylation is 1. The quantitative estimate of drug-likeness (QED) is 0.872. The molecule has 1 aliphatic rings. The van der Waals surface area contributed by atoms with Crippen molar-refractivity contribution in [3.63, 3.8) is 0 Å². The highest BCUT2D eigenvalue weighted by Crippen LogP contribution is 2.27. The van der Waals surface area contributed by atoms with Crippen LogP contribution in [0.2, 0.25) is 0 Å². The number of benzene rings is 1. The summed E-state index contributed by atoms with van der Waals surface area (Å²) < 4.78 is 0. The maximum atomic E-state index is 11.9. The van der Waals surface area contributed by atoms with Crippen LogP contribution in [0.3, 0.4) is 0 Å². The largest absolute Gasteiger partial charge is 0.340 e. The van der Waals surface area contributed by atoms with Gasteiger partial charge in [-0.25, -0.2) is 4.98 Å². The molecule has 22 heavy (non-hydrogen) atoms. The molecule has 0 saturated heterocycles. The monoisotopic (exact) mass is 295 g/mol. The second-order valence-corrected chi connectivity index (χ2v) is 5.72. The Hall–Kier alpha value is -2.36. The molecule has 0 bridgehead atoms. The molecule has 1 saturated carbocycles. The fourth-order valence-corrected chi connectivity index (χ4v) is 2.43. The van der Waals surface area contributed by atoms with E-state index in [0.717, 1.165) is 42.9 Å². The average Bonchev–Trinajstić information content (AvgIpc) is 2.48. The maximum Gasteiger partial charge on any atom is 0.227 e. The zero-order valence-electron chi connectivity index (χ0n) is 12.8. The summed E-state index contributed by atoms with van der Waals surface area (Å²) in [5.41, 5.74) is 3.08. The fourth-order valence-electron chi connectivity index (χ4n) is 2.43. The first-order valence-corrected chi connectivity index (χ1v) is 7.87. The molecule has 2 N–H and O–H groups in total. The van der Waals surface area contributed by atoms with E-state index in [4.69, 9.17) is 0 Å². The summed E-state index contributed by atoms with van der Waals surface area (Å²) >= 11 is 0. The SMILES string of the molecule is CCc1ccc(Nc2ccc(NC(=O)C3CCC3)cn2)cc1. The molecule has 1 heterocycles. The number of hydrogen-bond donors (Lipinski definition) is 2. The van der Waals surface area contributed by atoms with E-state index in [-0.39, 0.29) is 11.8 Å². The Morgan fingerprint density at radius 3 is 2.41 bits per heavy atom. The van der Waals surface area contributed by atoms with Gasteiger partial charge in [0.25, 0.3) is 0 Å². The fraction of sp³-hybridized carbons (Fsp3) is 0.333. The van der Waals surface area contributed by atoms with Crippen molar-refractivity contribution in [1.82, 2.24) is 4.98 Å². The van der Waals surface area contributed by atoms with E-state index in [2.05, 4.69) is 34.7 Å². The van der Waals surface area contributed by atoms with Gasteiger partial charge < -0.3 is 10.6 Å². The number of amides is 1. The Labute approximate surface area is 131 Å². The van der Waals surface area contributed by atoms with E-state index in [1.54, 1.807) is 6.20 Å². The summed E-state index contributed by atoms with van der Waals surface area (Å²) in [5.74, 6) is 1.07. The number of carbonyl (C=O) groups excluding carboxylic acids is 1. The zero-order valence-corrected chi connectivity index (χ0v) is 12.8. The van der Waals surface area contributed by atoms with E-state index in [0.29, 0.717) is 0 Å². The average molecular weight is 295 g/mol. The first-order valence-electron chi connectivity index (χ1n) is 7.87. The second kappa shape index (κ2) is 6.60. The number of hydrogen-bond acceptors (Lipinski definition) is 3. The first-order chi connectivity index (χ1) is 10.7. The first kappa shape index (κ1) is 14.6. The number of nitrogens with zero attached hydrogens (tertiary/aromatic N) is 1. The van der Waals surface area contributed by atoms with Crippen LogP contribution in [0.15, 0.2) is 42.6 Å². The van der Waals surface area contributed by atoms with Gasteiger partial charge >= 0.3 is 0 Å². The Morgan fingerprint density at radius 2 is 1.86 bits per heavy atom. The highest BCUT2D eigenvalue weighted by molar-refractivity contribution is 5.92. The highest BCUT2D eigenvalue weighted by atomic mass is 16.1. The molecule has 1 aliphatic carbocycles. The Bertz CT molecular complexity index is 630. The molecule has 0 radical (unpaired) electrons. The number of rotatable bonds is 5. The molecule has 1 amide bonds. The van der Waals surface area contributed by atoms with Crippen LogP contribution in [0.5, 0.6) is 0 Å². The molecule has 1 aromatic carbocycles. The maximum absolute atomic E-state index is 11.9. The van der Waals surface area contributed by atoms with E-state index in [9.17, 15) is 4.79 Å². The number of anilines is 3. The van der Waals surface area contributed by atoms with Crippen molar-refractivity contribution in [3.05, 3.63) is 48.2 Å². The molecule has 4 heteroatoms. The Balaban J connectivity index is 1.59. The van der Waals surface area contributed by atoms with Gasteiger partial charge in [-0.3, -0.25) is 4.79 Å². The number of aromatic nitrogens is 1. The topological polar surface area (TPSA) is 54.0 Å². The van der Waals surface area contributed by atoms with Crippen molar-refractivity contribution in [1.29, 1.82) is 0 Å². The smallest absolute Gasteiger partial charge is 0.227 e. The summed E-state index contributed by atoms with van der Waals surface area (Å²) in [4.78, 5) is 16.2. The molecule has 4 nitrogen and oxygen atoms in total. The lowest BCUT2D eigenvalue weighted by molar-refractivity contribution is -0.122. The van der Waals surface area contributed by atoms with Crippen molar-refractivity contribution < 1.29 is 4.79 Å². The van der Waals surface area contributed by atoms with Crippen LogP contribution in [-0.4, -0.2) is 10.9 Å². The van der Waals surface area contributed by atoms with Crippen LogP contribution in [0.25, 0.3) is 0 Å². The van der Waals surface area contributed by atoms with Crippen LogP contribution >= 0.6 is 0 Å². The standard InChI is InChI=1S/C18H21N3O/c1-2-13-6-8-15(9-7-13)20-17-11-10-16(12-19-17)21-18(22)14-4-3-5-14/h6-12,14H,2-5H2,1H3,(H,19,20)(H,21,22). The zero-order chi connectivity index (χ0) is 15.4. The molecule has 1 fully saturated rings. The minimum absolute atomic E-state index is 0.115. The minimum Gasteiger partial charge on any atom is -0.340 e. The van der Waals surface area contributed by atoms with E-state index >= 15 is 0 Å². The number of pyridine rings is 1. The van der Waals surface area contributed by atoms with Crippen LogP contribution in [0.4, 0.5) is 17.2 Å². The lowest BCUT2D eigenvalue weighted by Crippen LogP contribution is -2.28. The summed E-state index contributed by atoms with van der Waals surface area (Å²) in [5, 5.41) is 6.18. The van der Waals surface area contributed by atoms with E-state index < -0.39 is 0 Å². The number of carbonyl (C=O) groups is 1. The molecule has 0 atom stereocenters. The van der Waals surface area contributed by atoms with Gasteiger partial charge in [-0.05, 0) is 49.1 Å². The van der Waals surface area contributed by atoms with Gasteiger partial charge in [0.2, 0.25) is 5.91 Å². The number of nitrogens with one attached hydrogen (secondary N) is 2. The third kappa shape index (κ3) is 3.45. The summed E-state index contributed by atoms with van der Waals surface area (Å²) in [7, 11) is 0. The van der Waals surface area contributed by atoms with Crippen molar-refractivity contribution in [2.75, 3.05) is 10.6 Å². The van der Waals surface area contributed by atoms with Crippen molar-refractivity contribution in [3.8, 4) is 0 Å². The third-order valence-corrected chi connectivity index (χ3v) is 4.14. The molecule has 114 valence electrons. The molecular weight excluding hydrogens is 274 g/mol. The van der Waals surface area contributed by atoms with E-state index in [1.807, 2.05) is 24.3 Å². The second-order valence-electron chi connectivity index (χ2n) is 5.72. The van der Waals surface area contributed by atoms with Crippen LogP contribution < -0.4 is 10.6 Å². The molecule has 1 aromatic heterocycles.